The smallest absolute Gasteiger partial charge is 0.134 e. The minimum Gasteiger partial charge on any atom is -0.459 e. The predicted molar refractivity (Wildman–Crippen MR) is 74.5 cm³/mol. The number of nitrogens with one attached hydrogen (secondary N) is 1. The van der Waals surface area contributed by atoms with Gasteiger partial charge in [-0.3, -0.25) is 0 Å². The molecule has 0 radical (unpaired) electrons. The van der Waals surface area contributed by atoms with Crippen molar-refractivity contribution < 1.29 is 8.81 Å². The second-order valence-corrected chi connectivity index (χ2v) is 5.45. The first-order valence-corrected chi connectivity index (χ1v) is 7.20. The fourth-order valence-electron chi connectivity index (χ4n) is 2.76. The Morgan fingerprint density at radius 3 is 2.89 bits per heavy atom. The molecule has 1 unspecified atom stereocenters. The van der Waals surface area contributed by atoms with E-state index < -0.39 is 0 Å². The number of hydrogen-bond donors (Lipinski definition) is 1. The van der Waals surface area contributed by atoms with Crippen molar-refractivity contribution in [2.45, 2.75) is 38.6 Å². The maximum atomic E-state index is 13.2. The monoisotopic (exact) mass is 261 g/mol. The summed E-state index contributed by atoms with van der Waals surface area (Å²) in [5.41, 5.74) is 0.777. The third kappa shape index (κ3) is 2.52. The molecule has 1 atom stereocenters. The molecule has 1 aliphatic carbocycles. The molecule has 19 heavy (non-hydrogen) atoms. The Kier molecular flexibility index (Phi) is 3.56. The highest BCUT2D eigenvalue weighted by Gasteiger charge is 2.30. The van der Waals surface area contributed by atoms with Crippen molar-refractivity contribution in [2.75, 3.05) is 6.54 Å². The molecule has 3 heteroatoms. The van der Waals surface area contributed by atoms with Crippen molar-refractivity contribution in [2.24, 2.45) is 5.92 Å². The number of halogens is 1. The van der Waals surface area contributed by atoms with Gasteiger partial charge in [0.1, 0.15) is 17.2 Å². The number of fused-ring (bicyclic) bond motifs is 1. The molecule has 1 aliphatic rings. The van der Waals surface area contributed by atoms with E-state index in [-0.39, 0.29) is 11.9 Å². The van der Waals surface area contributed by atoms with Gasteiger partial charge in [0.05, 0.1) is 6.04 Å². The quantitative estimate of drug-likeness (QED) is 0.862. The van der Waals surface area contributed by atoms with E-state index in [0.29, 0.717) is 5.92 Å². The standard InChI is InChI=1S/C16H20FNO/c1-2-8-18-16(11-4-3-5-11)15-10-12-9-13(17)6-7-14(12)19-15/h6-7,9-11,16,18H,2-5,8H2,1H3. The van der Waals surface area contributed by atoms with Crippen molar-refractivity contribution in [3.8, 4) is 0 Å². The van der Waals surface area contributed by atoms with Gasteiger partial charge < -0.3 is 9.73 Å². The van der Waals surface area contributed by atoms with Crippen molar-refractivity contribution in [3.63, 3.8) is 0 Å². The molecule has 3 rings (SSSR count). The maximum absolute atomic E-state index is 13.2. The Bertz CT molecular complexity index is 559. The van der Waals surface area contributed by atoms with Gasteiger partial charge in [-0.2, -0.15) is 0 Å². The summed E-state index contributed by atoms with van der Waals surface area (Å²) < 4.78 is 19.1. The van der Waals surface area contributed by atoms with Crippen LogP contribution in [-0.4, -0.2) is 6.54 Å². The first-order chi connectivity index (χ1) is 9.28. The molecule has 2 aromatic rings. The van der Waals surface area contributed by atoms with Crippen LogP contribution in [0.3, 0.4) is 0 Å². The first-order valence-electron chi connectivity index (χ1n) is 7.20. The van der Waals surface area contributed by atoms with Crippen LogP contribution in [0, 0.1) is 11.7 Å². The van der Waals surface area contributed by atoms with Crippen LogP contribution in [0.1, 0.15) is 44.4 Å². The van der Waals surface area contributed by atoms with Crippen LogP contribution in [0.4, 0.5) is 4.39 Å². The lowest BCUT2D eigenvalue weighted by atomic mass is 9.78. The topological polar surface area (TPSA) is 25.2 Å². The number of hydrogen-bond acceptors (Lipinski definition) is 2. The summed E-state index contributed by atoms with van der Waals surface area (Å²) >= 11 is 0. The molecule has 1 aromatic heterocycles. The van der Waals surface area contributed by atoms with Gasteiger partial charge >= 0.3 is 0 Å². The van der Waals surface area contributed by atoms with Crippen LogP contribution >= 0.6 is 0 Å². The van der Waals surface area contributed by atoms with Crippen LogP contribution in [-0.2, 0) is 0 Å². The fraction of sp³-hybridized carbons (Fsp3) is 0.500. The van der Waals surface area contributed by atoms with E-state index in [1.165, 1.54) is 25.3 Å². The van der Waals surface area contributed by atoms with Crippen molar-refractivity contribution in [3.05, 3.63) is 35.8 Å². The van der Waals surface area contributed by atoms with Crippen molar-refractivity contribution in [1.29, 1.82) is 0 Å². The van der Waals surface area contributed by atoms with Crippen LogP contribution in [0.15, 0.2) is 28.7 Å². The molecule has 0 bridgehead atoms. The van der Waals surface area contributed by atoms with Crippen LogP contribution in [0.5, 0.6) is 0 Å². The molecule has 1 aromatic carbocycles. The van der Waals surface area contributed by atoms with Gasteiger partial charge in [0.15, 0.2) is 0 Å². The zero-order chi connectivity index (χ0) is 13.2. The van der Waals surface area contributed by atoms with Gasteiger partial charge in [-0.1, -0.05) is 13.3 Å². The molecule has 2 nitrogen and oxygen atoms in total. The van der Waals surface area contributed by atoms with Gasteiger partial charge in [-0.15, -0.1) is 0 Å². The van der Waals surface area contributed by atoms with Crippen molar-refractivity contribution in [1.82, 2.24) is 5.32 Å². The van der Waals surface area contributed by atoms with E-state index in [4.69, 9.17) is 4.42 Å². The van der Waals surface area contributed by atoms with Gasteiger partial charge in [-0.25, -0.2) is 4.39 Å². The van der Waals surface area contributed by atoms with Gasteiger partial charge in [-0.05, 0) is 56.0 Å². The second-order valence-electron chi connectivity index (χ2n) is 5.45. The summed E-state index contributed by atoms with van der Waals surface area (Å²) in [6, 6.07) is 6.98. The SMILES string of the molecule is CCCNC(c1cc2cc(F)ccc2o1)C1CCC1. The highest BCUT2D eigenvalue weighted by Crippen LogP contribution is 2.39. The lowest BCUT2D eigenvalue weighted by Gasteiger charge is -2.33. The number of rotatable bonds is 5. The molecular formula is C16H20FNO. The molecule has 0 amide bonds. The van der Waals surface area contributed by atoms with Gasteiger partial charge in [0.25, 0.3) is 0 Å². The molecule has 1 saturated carbocycles. The van der Waals surface area contributed by atoms with Crippen LogP contribution in [0.2, 0.25) is 0 Å². The number of benzene rings is 1. The van der Waals surface area contributed by atoms with Crippen LogP contribution in [0.25, 0.3) is 11.0 Å². The minimum atomic E-state index is -0.207. The lowest BCUT2D eigenvalue weighted by molar-refractivity contribution is 0.210. The average molecular weight is 261 g/mol. The Hall–Kier alpha value is -1.35. The lowest BCUT2D eigenvalue weighted by Crippen LogP contribution is -2.32. The molecule has 0 saturated heterocycles. The third-order valence-corrected chi connectivity index (χ3v) is 4.04. The summed E-state index contributed by atoms with van der Waals surface area (Å²) in [5, 5.41) is 4.43. The normalized spacial score (nSPS) is 17.6. The summed E-state index contributed by atoms with van der Waals surface area (Å²) in [5.74, 6) is 1.41. The van der Waals surface area contributed by atoms with E-state index in [1.807, 2.05) is 6.07 Å². The summed E-state index contributed by atoms with van der Waals surface area (Å²) in [4.78, 5) is 0. The molecule has 1 heterocycles. The fourth-order valence-corrected chi connectivity index (χ4v) is 2.76. The van der Waals surface area contributed by atoms with E-state index >= 15 is 0 Å². The largest absolute Gasteiger partial charge is 0.459 e. The third-order valence-electron chi connectivity index (χ3n) is 4.04. The van der Waals surface area contributed by atoms with E-state index in [1.54, 1.807) is 12.1 Å². The molecular weight excluding hydrogens is 241 g/mol. The zero-order valence-electron chi connectivity index (χ0n) is 11.3. The Balaban J connectivity index is 1.89. The molecule has 0 spiro atoms. The zero-order valence-corrected chi connectivity index (χ0v) is 11.3. The summed E-state index contributed by atoms with van der Waals surface area (Å²) in [6.07, 6.45) is 4.93. The molecule has 0 aliphatic heterocycles. The second kappa shape index (κ2) is 5.33. The first kappa shape index (κ1) is 12.7. The van der Waals surface area contributed by atoms with E-state index in [2.05, 4.69) is 12.2 Å². The minimum absolute atomic E-state index is 0.207. The highest BCUT2D eigenvalue weighted by atomic mass is 19.1. The Morgan fingerprint density at radius 1 is 1.37 bits per heavy atom. The maximum Gasteiger partial charge on any atom is 0.134 e. The summed E-state index contributed by atoms with van der Waals surface area (Å²) in [6.45, 7) is 3.16. The van der Waals surface area contributed by atoms with Crippen LogP contribution < -0.4 is 5.32 Å². The molecule has 102 valence electrons. The predicted octanol–water partition coefficient (Wildman–Crippen LogP) is 4.41. The number of furan rings is 1. The van der Waals surface area contributed by atoms with Crippen molar-refractivity contribution >= 4 is 11.0 Å². The Morgan fingerprint density at radius 2 is 2.21 bits per heavy atom. The van der Waals surface area contributed by atoms with Gasteiger partial charge in [0, 0.05) is 5.39 Å². The van der Waals surface area contributed by atoms with Gasteiger partial charge in [0.2, 0.25) is 0 Å². The van der Waals surface area contributed by atoms with E-state index in [0.717, 1.165) is 29.7 Å². The van der Waals surface area contributed by atoms with E-state index in [9.17, 15) is 4.39 Å². The molecule has 1 fully saturated rings. The highest BCUT2D eigenvalue weighted by molar-refractivity contribution is 5.78. The summed E-state index contributed by atoms with van der Waals surface area (Å²) in [7, 11) is 0. The average Bonchev–Trinajstić information content (AvgIpc) is 2.74. The Labute approximate surface area is 113 Å². The molecule has 1 N–H and O–H groups in total.